The molecule has 166 valence electrons. The van der Waals surface area contributed by atoms with Crippen LogP contribution in [-0.2, 0) is 24.4 Å². The lowest BCUT2D eigenvalue weighted by Gasteiger charge is -2.34. The van der Waals surface area contributed by atoms with E-state index in [2.05, 4.69) is 45.4 Å². The zero-order valence-corrected chi connectivity index (χ0v) is 18.0. The van der Waals surface area contributed by atoms with Gasteiger partial charge in [-0.1, -0.05) is 42.5 Å². The Morgan fingerprint density at radius 1 is 0.750 bits per heavy atom. The fourth-order valence-corrected chi connectivity index (χ4v) is 4.64. The van der Waals surface area contributed by atoms with Crippen LogP contribution in [-0.4, -0.2) is 70.4 Å². The van der Waals surface area contributed by atoms with E-state index < -0.39 is 6.03 Å². The highest BCUT2D eigenvalue weighted by molar-refractivity contribution is 6.01. The van der Waals surface area contributed by atoms with Crippen molar-refractivity contribution in [3.05, 3.63) is 70.8 Å². The molecule has 0 unspecified atom stereocenters. The summed E-state index contributed by atoms with van der Waals surface area (Å²) in [5.41, 5.74) is 4.08. The molecule has 0 saturated carbocycles. The van der Waals surface area contributed by atoms with Crippen LogP contribution < -0.4 is 5.32 Å². The average Bonchev–Trinajstić information content (AvgIpc) is 3.11. The molecule has 4 amide bonds. The molecule has 2 aromatic rings. The summed E-state index contributed by atoms with van der Waals surface area (Å²) in [5, 5.41) is 5.07. The third-order valence-corrected chi connectivity index (χ3v) is 6.40. The number of urea groups is 1. The summed E-state index contributed by atoms with van der Waals surface area (Å²) >= 11 is 0. The predicted octanol–water partition coefficient (Wildman–Crippen LogP) is 1.82. The minimum atomic E-state index is -0.531. The molecule has 5 rings (SSSR count). The van der Waals surface area contributed by atoms with Gasteiger partial charge >= 0.3 is 6.03 Å². The van der Waals surface area contributed by atoms with Crippen LogP contribution in [0.2, 0.25) is 0 Å². The van der Waals surface area contributed by atoms with Gasteiger partial charge in [0.2, 0.25) is 5.91 Å². The number of carbonyl (C=O) groups is 3. The van der Waals surface area contributed by atoms with Crippen LogP contribution in [0.15, 0.2) is 48.5 Å². The molecule has 0 atom stereocenters. The van der Waals surface area contributed by atoms with Crippen molar-refractivity contribution < 1.29 is 14.4 Å². The highest BCUT2D eigenvalue weighted by Gasteiger charge is 2.36. The van der Waals surface area contributed by atoms with Crippen molar-refractivity contribution in [1.29, 1.82) is 0 Å². The third-order valence-electron chi connectivity index (χ3n) is 6.40. The molecule has 2 aromatic carbocycles. The smallest absolute Gasteiger partial charge is 0.297 e. The van der Waals surface area contributed by atoms with Gasteiger partial charge in [-0.05, 0) is 22.8 Å². The summed E-state index contributed by atoms with van der Waals surface area (Å²) in [7, 11) is 0. The van der Waals surface area contributed by atoms with Gasteiger partial charge in [-0.25, -0.2) is 14.8 Å². The molecule has 32 heavy (non-hydrogen) atoms. The van der Waals surface area contributed by atoms with Gasteiger partial charge in [0.25, 0.3) is 5.91 Å². The van der Waals surface area contributed by atoms with Crippen molar-refractivity contribution in [2.75, 3.05) is 32.7 Å². The number of nitrogens with zero attached hydrogens (tertiary/aromatic N) is 4. The Labute approximate surface area is 187 Å². The van der Waals surface area contributed by atoms with Crippen LogP contribution in [0.4, 0.5) is 4.79 Å². The average molecular weight is 434 g/mol. The van der Waals surface area contributed by atoms with Crippen LogP contribution in [0.25, 0.3) is 0 Å². The van der Waals surface area contributed by atoms with E-state index in [1.54, 1.807) is 0 Å². The lowest BCUT2D eigenvalue weighted by Crippen LogP contribution is -2.56. The maximum absolute atomic E-state index is 12.8. The van der Waals surface area contributed by atoms with E-state index in [0.29, 0.717) is 12.1 Å². The van der Waals surface area contributed by atoms with Crippen molar-refractivity contribution >= 4 is 17.8 Å². The standard InChI is InChI=1S/C24H27N5O3/c30-22-8-9-28(24(32)25-22)29-17-20-14-19(6-7-21(20)23(29)31)16-27-12-10-26(11-13-27)15-18-4-2-1-3-5-18/h1-7,14H,8-13,15-17H2,(H,25,30,32). The summed E-state index contributed by atoms with van der Waals surface area (Å²) in [6.45, 7) is 6.51. The Bertz CT molecular complexity index is 1030. The van der Waals surface area contributed by atoms with Gasteiger partial charge in [0.15, 0.2) is 0 Å². The number of nitrogens with one attached hydrogen (secondary N) is 1. The number of piperazine rings is 1. The van der Waals surface area contributed by atoms with Gasteiger partial charge in [0, 0.05) is 51.3 Å². The van der Waals surface area contributed by atoms with Crippen LogP contribution in [0.5, 0.6) is 0 Å². The van der Waals surface area contributed by atoms with Crippen molar-refractivity contribution in [2.45, 2.75) is 26.1 Å². The summed E-state index contributed by atoms with van der Waals surface area (Å²) in [6.07, 6.45) is 0.202. The number of hydrazine groups is 1. The van der Waals surface area contributed by atoms with E-state index in [1.807, 2.05) is 18.2 Å². The lowest BCUT2D eigenvalue weighted by molar-refractivity contribution is -0.123. The monoisotopic (exact) mass is 433 g/mol. The van der Waals surface area contributed by atoms with Gasteiger partial charge in [-0.3, -0.25) is 24.7 Å². The lowest BCUT2D eigenvalue weighted by atomic mass is 10.1. The number of hydrogen-bond donors (Lipinski definition) is 1. The summed E-state index contributed by atoms with van der Waals surface area (Å²) < 4.78 is 0. The molecule has 0 bridgehead atoms. The van der Waals surface area contributed by atoms with Gasteiger partial charge in [-0.15, -0.1) is 0 Å². The summed E-state index contributed by atoms with van der Waals surface area (Å²) in [6, 6.07) is 16.0. The topological polar surface area (TPSA) is 76.2 Å². The first-order valence-corrected chi connectivity index (χ1v) is 11.1. The van der Waals surface area contributed by atoms with Crippen LogP contribution in [0, 0.1) is 0 Å². The number of fused-ring (bicyclic) bond motifs is 1. The zero-order valence-electron chi connectivity index (χ0n) is 18.0. The second-order valence-electron chi connectivity index (χ2n) is 8.62. The van der Waals surface area contributed by atoms with E-state index in [-0.39, 0.29) is 24.8 Å². The van der Waals surface area contributed by atoms with Crippen molar-refractivity contribution in [3.63, 3.8) is 0 Å². The minimum absolute atomic E-state index is 0.189. The Hall–Kier alpha value is -3.23. The molecule has 2 fully saturated rings. The van der Waals surface area contributed by atoms with Gasteiger partial charge in [-0.2, -0.15) is 0 Å². The van der Waals surface area contributed by atoms with Crippen LogP contribution >= 0.6 is 0 Å². The Morgan fingerprint density at radius 2 is 1.44 bits per heavy atom. The molecule has 0 aromatic heterocycles. The molecule has 8 heteroatoms. The molecular formula is C24H27N5O3. The van der Waals surface area contributed by atoms with Crippen LogP contribution in [0.1, 0.15) is 33.5 Å². The van der Waals surface area contributed by atoms with E-state index in [9.17, 15) is 14.4 Å². The second kappa shape index (κ2) is 8.72. The van der Waals surface area contributed by atoms with E-state index in [0.717, 1.165) is 44.8 Å². The third kappa shape index (κ3) is 4.24. The molecule has 3 aliphatic heterocycles. The highest BCUT2D eigenvalue weighted by atomic mass is 16.2. The number of imide groups is 1. The fourth-order valence-electron chi connectivity index (χ4n) is 4.64. The Morgan fingerprint density at radius 3 is 2.12 bits per heavy atom. The summed E-state index contributed by atoms with van der Waals surface area (Å²) in [5.74, 6) is -0.493. The van der Waals surface area contributed by atoms with Gasteiger partial charge < -0.3 is 0 Å². The minimum Gasteiger partial charge on any atom is -0.297 e. The Kier molecular flexibility index (Phi) is 5.63. The SMILES string of the molecule is O=C1CCN(N2Cc3cc(CN4CCN(Cc5ccccc5)CC4)ccc3C2=O)C(=O)N1. The molecule has 0 radical (unpaired) electrons. The van der Waals surface area contributed by atoms with Gasteiger partial charge in [0.1, 0.15) is 0 Å². The highest BCUT2D eigenvalue weighted by Crippen LogP contribution is 2.27. The molecule has 0 aliphatic carbocycles. The second-order valence-corrected chi connectivity index (χ2v) is 8.62. The van der Waals surface area contributed by atoms with E-state index in [4.69, 9.17) is 0 Å². The van der Waals surface area contributed by atoms with Crippen molar-refractivity contribution in [2.24, 2.45) is 0 Å². The first-order chi connectivity index (χ1) is 15.6. The molecular weight excluding hydrogens is 406 g/mol. The molecule has 0 spiro atoms. The number of rotatable bonds is 5. The van der Waals surface area contributed by atoms with E-state index in [1.165, 1.54) is 21.1 Å². The first kappa shape index (κ1) is 20.7. The molecule has 1 N–H and O–H groups in total. The Balaban J connectivity index is 1.18. The molecule has 3 aliphatic rings. The number of hydrogen-bond acceptors (Lipinski definition) is 5. The quantitative estimate of drug-likeness (QED) is 0.779. The van der Waals surface area contributed by atoms with Gasteiger partial charge in [0.05, 0.1) is 13.1 Å². The normalized spacial score (nSPS) is 19.9. The maximum Gasteiger partial charge on any atom is 0.342 e. The predicted molar refractivity (Wildman–Crippen MR) is 118 cm³/mol. The molecule has 8 nitrogen and oxygen atoms in total. The summed E-state index contributed by atoms with van der Waals surface area (Å²) in [4.78, 5) is 41.3. The molecule has 3 heterocycles. The van der Waals surface area contributed by atoms with E-state index >= 15 is 0 Å². The van der Waals surface area contributed by atoms with Crippen molar-refractivity contribution in [1.82, 2.24) is 25.1 Å². The largest absolute Gasteiger partial charge is 0.342 e. The fraction of sp³-hybridized carbons (Fsp3) is 0.375. The maximum atomic E-state index is 12.8. The number of amides is 4. The van der Waals surface area contributed by atoms with Crippen molar-refractivity contribution in [3.8, 4) is 0 Å². The zero-order chi connectivity index (χ0) is 22.1. The molecule has 2 saturated heterocycles. The van der Waals surface area contributed by atoms with Crippen LogP contribution in [0.3, 0.4) is 0 Å². The number of benzene rings is 2. The number of carbonyl (C=O) groups excluding carboxylic acids is 3. The first-order valence-electron chi connectivity index (χ1n) is 11.1.